The van der Waals surface area contributed by atoms with Gasteiger partial charge in [0.1, 0.15) is 0 Å². The molecule has 2 rings (SSSR count). The number of likely N-dealkylation sites (tertiary alicyclic amines) is 1. The average Bonchev–Trinajstić information content (AvgIpc) is 2.47. The van der Waals surface area contributed by atoms with Gasteiger partial charge in [-0.2, -0.15) is 0 Å². The van der Waals surface area contributed by atoms with Gasteiger partial charge in [0.2, 0.25) is 0 Å². The summed E-state index contributed by atoms with van der Waals surface area (Å²) in [5.41, 5.74) is 6.89. The van der Waals surface area contributed by atoms with Crippen LogP contribution in [0, 0.1) is 10.1 Å². The molecule has 0 amide bonds. The number of non-ortho nitro benzene ring substituents is 1. The second-order valence-corrected chi connectivity index (χ2v) is 5.49. The van der Waals surface area contributed by atoms with Crippen molar-refractivity contribution >= 4 is 5.69 Å². The van der Waals surface area contributed by atoms with Crippen LogP contribution in [-0.4, -0.2) is 29.0 Å². The zero-order valence-electron chi connectivity index (χ0n) is 12.0. The zero-order chi connectivity index (χ0) is 14.5. The molecule has 1 heterocycles. The second-order valence-electron chi connectivity index (χ2n) is 5.49. The molecule has 0 aliphatic carbocycles. The SMILES string of the molecule is CC(c1cccc([N+](=O)[O-])c1)N1CCCCC1CCN. The smallest absolute Gasteiger partial charge is 0.269 e. The lowest BCUT2D eigenvalue weighted by molar-refractivity contribution is -0.385. The Morgan fingerprint density at radius 1 is 1.50 bits per heavy atom. The van der Waals surface area contributed by atoms with E-state index >= 15 is 0 Å². The maximum absolute atomic E-state index is 10.9. The van der Waals surface area contributed by atoms with Crippen LogP contribution >= 0.6 is 0 Å². The lowest BCUT2D eigenvalue weighted by Crippen LogP contribution is -2.42. The molecular formula is C15H23N3O2. The van der Waals surface area contributed by atoms with E-state index < -0.39 is 0 Å². The third kappa shape index (κ3) is 3.35. The summed E-state index contributed by atoms with van der Waals surface area (Å²) in [6.45, 7) is 3.88. The van der Waals surface area contributed by atoms with Crippen LogP contribution in [0.5, 0.6) is 0 Å². The van der Waals surface area contributed by atoms with E-state index in [1.165, 1.54) is 19.3 Å². The van der Waals surface area contributed by atoms with Crippen LogP contribution in [0.25, 0.3) is 0 Å². The Hall–Kier alpha value is -1.46. The van der Waals surface area contributed by atoms with Crippen molar-refractivity contribution in [3.8, 4) is 0 Å². The second kappa shape index (κ2) is 6.81. The highest BCUT2D eigenvalue weighted by molar-refractivity contribution is 5.35. The van der Waals surface area contributed by atoms with E-state index in [1.54, 1.807) is 18.2 Å². The largest absolute Gasteiger partial charge is 0.330 e. The fourth-order valence-electron chi connectivity index (χ4n) is 3.12. The van der Waals surface area contributed by atoms with Crippen molar-refractivity contribution in [2.75, 3.05) is 13.1 Å². The van der Waals surface area contributed by atoms with Gasteiger partial charge < -0.3 is 5.73 Å². The van der Waals surface area contributed by atoms with Crippen molar-refractivity contribution in [1.29, 1.82) is 0 Å². The number of nitro benzene ring substituents is 1. The molecule has 2 N–H and O–H groups in total. The first-order valence-electron chi connectivity index (χ1n) is 7.33. The molecule has 1 aromatic rings. The molecule has 2 unspecified atom stereocenters. The number of piperidine rings is 1. The Labute approximate surface area is 119 Å². The average molecular weight is 277 g/mol. The molecule has 2 atom stereocenters. The normalized spacial score (nSPS) is 21.6. The lowest BCUT2D eigenvalue weighted by Gasteiger charge is -2.40. The van der Waals surface area contributed by atoms with Crippen LogP contribution in [0.3, 0.4) is 0 Å². The summed E-state index contributed by atoms with van der Waals surface area (Å²) in [6.07, 6.45) is 4.62. The molecule has 1 fully saturated rings. The summed E-state index contributed by atoms with van der Waals surface area (Å²) in [4.78, 5) is 13.0. The van der Waals surface area contributed by atoms with Gasteiger partial charge in [0.25, 0.3) is 5.69 Å². The minimum Gasteiger partial charge on any atom is -0.330 e. The summed E-state index contributed by atoms with van der Waals surface area (Å²) in [7, 11) is 0. The molecule has 1 aromatic carbocycles. The topological polar surface area (TPSA) is 72.4 Å². The lowest BCUT2D eigenvalue weighted by atomic mass is 9.95. The first-order valence-corrected chi connectivity index (χ1v) is 7.33. The number of nitrogens with zero attached hydrogens (tertiary/aromatic N) is 2. The van der Waals surface area contributed by atoms with Gasteiger partial charge in [0.15, 0.2) is 0 Å². The molecule has 110 valence electrons. The van der Waals surface area contributed by atoms with Gasteiger partial charge in [-0.1, -0.05) is 18.6 Å². The fraction of sp³-hybridized carbons (Fsp3) is 0.600. The van der Waals surface area contributed by atoms with Crippen molar-refractivity contribution in [2.45, 2.75) is 44.7 Å². The Kier molecular flexibility index (Phi) is 5.09. The molecule has 1 aliphatic rings. The van der Waals surface area contributed by atoms with E-state index in [0.29, 0.717) is 12.6 Å². The maximum atomic E-state index is 10.9. The predicted molar refractivity (Wildman–Crippen MR) is 79.5 cm³/mol. The van der Waals surface area contributed by atoms with Gasteiger partial charge in [-0.3, -0.25) is 15.0 Å². The molecule has 0 radical (unpaired) electrons. The Morgan fingerprint density at radius 3 is 3.00 bits per heavy atom. The number of hydrogen-bond donors (Lipinski definition) is 1. The van der Waals surface area contributed by atoms with Crippen LogP contribution in [0.15, 0.2) is 24.3 Å². The molecule has 0 bridgehead atoms. The van der Waals surface area contributed by atoms with Crippen molar-refractivity contribution in [3.05, 3.63) is 39.9 Å². The highest BCUT2D eigenvalue weighted by Crippen LogP contribution is 2.30. The minimum absolute atomic E-state index is 0.168. The summed E-state index contributed by atoms with van der Waals surface area (Å²) in [5, 5.41) is 10.9. The summed E-state index contributed by atoms with van der Waals surface area (Å²) < 4.78 is 0. The Balaban J connectivity index is 2.17. The quantitative estimate of drug-likeness (QED) is 0.663. The molecule has 1 aliphatic heterocycles. The molecule has 5 heteroatoms. The van der Waals surface area contributed by atoms with E-state index in [-0.39, 0.29) is 16.7 Å². The number of benzene rings is 1. The molecular weight excluding hydrogens is 254 g/mol. The van der Waals surface area contributed by atoms with E-state index in [9.17, 15) is 10.1 Å². The van der Waals surface area contributed by atoms with Crippen LogP contribution in [0.1, 0.15) is 44.2 Å². The number of nitrogens with two attached hydrogens (primary N) is 1. The van der Waals surface area contributed by atoms with Gasteiger partial charge >= 0.3 is 0 Å². The Bertz CT molecular complexity index is 462. The van der Waals surface area contributed by atoms with E-state index in [4.69, 9.17) is 5.73 Å². The molecule has 0 saturated carbocycles. The van der Waals surface area contributed by atoms with Crippen molar-refractivity contribution in [3.63, 3.8) is 0 Å². The number of hydrogen-bond acceptors (Lipinski definition) is 4. The monoisotopic (exact) mass is 277 g/mol. The number of nitro groups is 1. The summed E-state index contributed by atoms with van der Waals surface area (Å²) in [5.74, 6) is 0. The van der Waals surface area contributed by atoms with Gasteiger partial charge in [0, 0.05) is 24.2 Å². The Morgan fingerprint density at radius 2 is 2.30 bits per heavy atom. The molecule has 5 nitrogen and oxygen atoms in total. The highest BCUT2D eigenvalue weighted by atomic mass is 16.6. The van der Waals surface area contributed by atoms with Gasteiger partial charge in [-0.15, -0.1) is 0 Å². The first-order chi connectivity index (χ1) is 9.63. The van der Waals surface area contributed by atoms with Crippen molar-refractivity contribution in [2.24, 2.45) is 5.73 Å². The van der Waals surface area contributed by atoms with Crippen molar-refractivity contribution < 1.29 is 4.92 Å². The van der Waals surface area contributed by atoms with E-state index in [0.717, 1.165) is 18.5 Å². The molecule has 1 saturated heterocycles. The van der Waals surface area contributed by atoms with Crippen LogP contribution in [0.4, 0.5) is 5.69 Å². The van der Waals surface area contributed by atoms with E-state index in [2.05, 4.69) is 11.8 Å². The zero-order valence-corrected chi connectivity index (χ0v) is 12.0. The summed E-state index contributed by atoms with van der Waals surface area (Å²) >= 11 is 0. The summed E-state index contributed by atoms with van der Waals surface area (Å²) in [6, 6.07) is 7.69. The van der Waals surface area contributed by atoms with E-state index in [1.807, 2.05) is 6.07 Å². The maximum Gasteiger partial charge on any atom is 0.269 e. The van der Waals surface area contributed by atoms with Gasteiger partial charge in [0.05, 0.1) is 4.92 Å². The van der Waals surface area contributed by atoms with Crippen molar-refractivity contribution in [1.82, 2.24) is 4.90 Å². The molecule has 0 aromatic heterocycles. The highest BCUT2D eigenvalue weighted by Gasteiger charge is 2.27. The first kappa shape index (κ1) is 14.9. The fourth-order valence-corrected chi connectivity index (χ4v) is 3.12. The van der Waals surface area contributed by atoms with Crippen LogP contribution in [-0.2, 0) is 0 Å². The molecule has 20 heavy (non-hydrogen) atoms. The van der Waals surface area contributed by atoms with Crippen LogP contribution in [0.2, 0.25) is 0 Å². The van der Waals surface area contributed by atoms with Gasteiger partial charge in [-0.05, 0) is 44.8 Å². The third-order valence-electron chi connectivity index (χ3n) is 4.23. The number of rotatable bonds is 5. The third-order valence-corrected chi connectivity index (χ3v) is 4.23. The molecule has 0 spiro atoms. The standard InChI is InChI=1S/C15H23N3O2/c1-12(13-5-4-7-15(11-13)18(19)20)17-10-3-2-6-14(17)8-9-16/h4-5,7,11-12,14H,2-3,6,8-10,16H2,1H3. The van der Waals surface area contributed by atoms with Gasteiger partial charge in [-0.25, -0.2) is 0 Å². The minimum atomic E-state index is -0.330. The predicted octanol–water partition coefficient (Wildman–Crippen LogP) is 2.86. The van der Waals surface area contributed by atoms with Crippen LogP contribution < -0.4 is 5.73 Å².